The lowest BCUT2D eigenvalue weighted by atomic mass is 10.1. The molecule has 20 heavy (non-hydrogen) atoms. The highest BCUT2D eigenvalue weighted by atomic mass is 32.2. The van der Waals surface area contributed by atoms with Gasteiger partial charge in [-0.1, -0.05) is 6.92 Å². The van der Waals surface area contributed by atoms with Crippen LogP contribution in [0.5, 0.6) is 0 Å². The van der Waals surface area contributed by atoms with Gasteiger partial charge in [-0.05, 0) is 30.7 Å². The topological polar surface area (TPSA) is 64.1 Å². The highest BCUT2D eigenvalue weighted by Crippen LogP contribution is 2.51. The zero-order valence-corrected chi connectivity index (χ0v) is 12.8. The Labute approximate surface area is 123 Å². The number of thioether (sulfide) groups is 1. The highest BCUT2D eigenvalue weighted by Gasteiger charge is 2.44. The van der Waals surface area contributed by atoms with Crippen molar-refractivity contribution in [2.75, 3.05) is 24.7 Å². The number of carbonyl (C=O) groups excluding carboxylic acids is 1. The minimum Gasteiger partial charge on any atom is -0.469 e. The summed E-state index contributed by atoms with van der Waals surface area (Å²) in [6, 6.07) is 1.91. The van der Waals surface area contributed by atoms with Gasteiger partial charge in [0.1, 0.15) is 5.03 Å². The third kappa shape index (κ3) is 4.37. The number of methoxy groups -OCH3 is 1. The van der Waals surface area contributed by atoms with Crippen molar-refractivity contribution >= 4 is 23.7 Å². The second kappa shape index (κ2) is 6.92. The first-order valence-electron chi connectivity index (χ1n) is 6.94. The van der Waals surface area contributed by atoms with E-state index in [9.17, 15) is 4.79 Å². The minimum absolute atomic E-state index is 0.115. The molecule has 5 nitrogen and oxygen atoms in total. The summed E-state index contributed by atoms with van der Waals surface area (Å²) in [6.45, 7) is 2.98. The molecule has 1 saturated carbocycles. The molecule has 0 saturated heterocycles. The first-order valence-corrected chi connectivity index (χ1v) is 7.92. The third-order valence-electron chi connectivity index (χ3n) is 3.39. The van der Waals surface area contributed by atoms with Crippen LogP contribution in [-0.4, -0.2) is 35.3 Å². The van der Waals surface area contributed by atoms with Gasteiger partial charge in [0.15, 0.2) is 0 Å². The summed E-state index contributed by atoms with van der Waals surface area (Å²) < 4.78 is 4.76. The minimum atomic E-state index is -0.115. The summed E-state index contributed by atoms with van der Waals surface area (Å²) in [5.41, 5.74) is 0.125. The maximum Gasteiger partial charge on any atom is 0.306 e. The largest absolute Gasteiger partial charge is 0.469 e. The van der Waals surface area contributed by atoms with E-state index in [1.165, 1.54) is 7.11 Å². The molecule has 1 aliphatic rings. The molecule has 0 amide bonds. The van der Waals surface area contributed by atoms with Crippen molar-refractivity contribution in [1.82, 2.24) is 9.97 Å². The molecule has 0 aliphatic heterocycles. The van der Waals surface area contributed by atoms with Crippen LogP contribution in [0.4, 0.5) is 5.95 Å². The van der Waals surface area contributed by atoms with Gasteiger partial charge >= 0.3 is 5.97 Å². The van der Waals surface area contributed by atoms with E-state index >= 15 is 0 Å². The molecular formula is C14H21N3O2S. The summed E-state index contributed by atoms with van der Waals surface area (Å²) in [5, 5.41) is 4.13. The normalized spacial score (nSPS) is 15.7. The number of ether oxygens (including phenoxy) is 1. The average molecular weight is 295 g/mol. The number of esters is 1. The molecule has 0 radical (unpaired) electrons. The van der Waals surface area contributed by atoms with E-state index in [1.54, 1.807) is 18.0 Å². The van der Waals surface area contributed by atoms with Gasteiger partial charge in [0.25, 0.3) is 0 Å². The number of hydrogen-bond acceptors (Lipinski definition) is 6. The highest BCUT2D eigenvalue weighted by molar-refractivity contribution is 7.99. The summed E-state index contributed by atoms with van der Waals surface area (Å²) in [6.07, 6.45) is 5.53. The summed E-state index contributed by atoms with van der Waals surface area (Å²) in [5.74, 6) is 1.47. The maximum absolute atomic E-state index is 11.4. The molecule has 1 fully saturated rings. The van der Waals surface area contributed by atoms with Crippen molar-refractivity contribution in [3.8, 4) is 0 Å². The fourth-order valence-corrected chi connectivity index (χ4v) is 3.05. The standard InChI is InChI=1S/C14H21N3O2S/c1-3-7-15-13-16-8-4-11(17-13)20-10-14(5-6-14)9-12(18)19-2/h4,8H,3,5-7,9-10H2,1-2H3,(H,15,16,17). The fraction of sp³-hybridized carbons (Fsp3) is 0.643. The van der Waals surface area contributed by atoms with Gasteiger partial charge in [-0.15, -0.1) is 11.8 Å². The predicted octanol–water partition coefficient (Wildman–Crippen LogP) is 2.73. The average Bonchev–Trinajstić information content (AvgIpc) is 3.23. The molecule has 6 heteroatoms. The lowest BCUT2D eigenvalue weighted by Gasteiger charge is -2.12. The smallest absolute Gasteiger partial charge is 0.306 e. The van der Waals surface area contributed by atoms with Gasteiger partial charge in [0.05, 0.1) is 13.5 Å². The number of rotatable bonds is 8. The van der Waals surface area contributed by atoms with Crippen LogP contribution >= 0.6 is 11.8 Å². The van der Waals surface area contributed by atoms with Gasteiger partial charge in [-0.3, -0.25) is 4.79 Å². The number of carbonyl (C=O) groups is 1. The van der Waals surface area contributed by atoms with Crippen LogP contribution in [0.15, 0.2) is 17.3 Å². The number of anilines is 1. The third-order valence-corrected chi connectivity index (χ3v) is 4.67. The van der Waals surface area contributed by atoms with Gasteiger partial charge in [-0.2, -0.15) is 0 Å². The van der Waals surface area contributed by atoms with Crippen LogP contribution < -0.4 is 5.32 Å². The van der Waals surface area contributed by atoms with Gasteiger partial charge < -0.3 is 10.1 Å². The molecule has 1 heterocycles. The van der Waals surface area contributed by atoms with Crippen molar-refractivity contribution in [3.63, 3.8) is 0 Å². The number of nitrogens with zero attached hydrogens (tertiary/aromatic N) is 2. The van der Waals surface area contributed by atoms with Crippen molar-refractivity contribution in [2.45, 2.75) is 37.6 Å². The Morgan fingerprint density at radius 1 is 1.55 bits per heavy atom. The van der Waals surface area contributed by atoms with E-state index in [1.807, 2.05) is 6.07 Å². The molecular weight excluding hydrogens is 274 g/mol. The Bertz CT molecular complexity index is 463. The monoisotopic (exact) mass is 295 g/mol. The molecule has 0 spiro atoms. The lowest BCUT2D eigenvalue weighted by molar-refractivity contribution is -0.141. The molecule has 0 unspecified atom stereocenters. The summed E-state index contributed by atoms with van der Waals surface area (Å²) in [4.78, 5) is 20.0. The zero-order valence-electron chi connectivity index (χ0n) is 12.0. The van der Waals surface area contributed by atoms with E-state index in [4.69, 9.17) is 4.74 Å². The summed E-state index contributed by atoms with van der Waals surface area (Å²) >= 11 is 1.69. The van der Waals surface area contributed by atoms with E-state index in [2.05, 4.69) is 22.2 Å². The molecule has 2 rings (SSSR count). The first kappa shape index (κ1) is 15.1. The van der Waals surface area contributed by atoms with Crippen LogP contribution in [0.25, 0.3) is 0 Å². The lowest BCUT2D eigenvalue weighted by Crippen LogP contribution is -2.13. The molecule has 1 aliphatic carbocycles. The summed E-state index contributed by atoms with van der Waals surface area (Å²) in [7, 11) is 1.45. The predicted molar refractivity (Wildman–Crippen MR) is 79.8 cm³/mol. The van der Waals surface area contributed by atoms with Gasteiger partial charge in [0, 0.05) is 18.5 Å². The molecule has 0 bridgehead atoms. The molecule has 1 N–H and O–H groups in total. The van der Waals surface area contributed by atoms with Crippen LogP contribution in [-0.2, 0) is 9.53 Å². The number of hydrogen-bond donors (Lipinski definition) is 1. The Morgan fingerprint density at radius 2 is 2.35 bits per heavy atom. The van der Waals surface area contributed by atoms with Crippen LogP contribution in [0.3, 0.4) is 0 Å². The molecule has 0 atom stereocenters. The van der Waals surface area contributed by atoms with Crippen LogP contribution in [0.2, 0.25) is 0 Å². The SMILES string of the molecule is CCCNc1nccc(SCC2(CC(=O)OC)CC2)n1. The zero-order chi connectivity index (χ0) is 14.4. The second-order valence-corrected chi connectivity index (χ2v) is 6.18. The Kier molecular flexibility index (Phi) is 5.23. The Balaban J connectivity index is 1.86. The Hall–Kier alpha value is -1.30. The van der Waals surface area contributed by atoms with Crippen LogP contribution in [0, 0.1) is 5.41 Å². The molecule has 110 valence electrons. The van der Waals surface area contributed by atoms with E-state index in [0.717, 1.165) is 36.6 Å². The van der Waals surface area contributed by atoms with Crippen molar-refractivity contribution in [2.24, 2.45) is 5.41 Å². The first-order chi connectivity index (χ1) is 9.67. The van der Waals surface area contributed by atoms with Crippen molar-refractivity contribution < 1.29 is 9.53 Å². The molecule has 0 aromatic carbocycles. The number of aromatic nitrogens is 2. The number of nitrogens with one attached hydrogen (secondary N) is 1. The van der Waals surface area contributed by atoms with E-state index in [0.29, 0.717) is 12.4 Å². The van der Waals surface area contributed by atoms with Crippen LogP contribution in [0.1, 0.15) is 32.6 Å². The molecule has 1 aromatic rings. The van der Waals surface area contributed by atoms with E-state index < -0.39 is 0 Å². The quantitative estimate of drug-likeness (QED) is 0.452. The Morgan fingerprint density at radius 3 is 3.00 bits per heavy atom. The van der Waals surface area contributed by atoms with Gasteiger partial charge in [-0.25, -0.2) is 9.97 Å². The second-order valence-electron chi connectivity index (χ2n) is 5.19. The van der Waals surface area contributed by atoms with Gasteiger partial charge in [0.2, 0.25) is 5.95 Å². The van der Waals surface area contributed by atoms with E-state index in [-0.39, 0.29) is 11.4 Å². The maximum atomic E-state index is 11.4. The molecule has 1 aromatic heterocycles. The van der Waals surface area contributed by atoms with Crippen molar-refractivity contribution in [3.05, 3.63) is 12.3 Å². The fourth-order valence-electron chi connectivity index (χ4n) is 1.90. The van der Waals surface area contributed by atoms with Crippen molar-refractivity contribution in [1.29, 1.82) is 0 Å².